The Balaban J connectivity index is 1.79. The third kappa shape index (κ3) is 8.36. The fourth-order valence-corrected chi connectivity index (χ4v) is 5.41. The van der Waals surface area contributed by atoms with Gasteiger partial charge in [-0.2, -0.15) is 0 Å². The Bertz CT molecular complexity index is 681. The molecule has 2 nitrogen and oxygen atoms in total. The van der Waals surface area contributed by atoms with Crippen LogP contribution in [0.4, 0.5) is 0 Å². The fourth-order valence-electron chi connectivity index (χ4n) is 4.26. The monoisotopic (exact) mass is 456 g/mol. The number of hydrogen-bond acceptors (Lipinski definition) is 2. The largest absolute Gasteiger partial charge is 0.461 e. The third-order valence-corrected chi connectivity index (χ3v) is 6.66. The van der Waals surface area contributed by atoms with Gasteiger partial charge >= 0.3 is 5.97 Å². The Morgan fingerprint density at radius 2 is 1.93 bits per heavy atom. The van der Waals surface area contributed by atoms with E-state index in [1.54, 1.807) is 12.1 Å². The molecule has 29 heavy (non-hydrogen) atoms. The van der Waals surface area contributed by atoms with Crippen LogP contribution in [0.25, 0.3) is 0 Å². The number of hydrogen-bond donors (Lipinski definition) is 0. The van der Waals surface area contributed by atoms with Crippen LogP contribution in [0.1, 0.15) is 51.0 Å². The second-order valence-electron chi connectivity index (χ2n) is 7.94. The lowest BCUT2D eigenvalue weighted by molar-refractivity contribution is -0.142. The van der Waals surface area contributed by atoms with Crippen LogP contribution in [0.15, 0.2) is 43.0 Å². The van der Waals surface area contributed by atoms with Crippen LogP contribution in [-0.4, -0.2) is 18.0 Å². The summed E-state index contributed by atoms with van der Waals surface area (Å²) in [5.74, 6) is 1.53. The summed E-state index contributed by atoms with van der Waals surface area (Å²) in [5, 5.41) is 1.60. The molecule has 0 unspecified atom stereocenters. The standard InChI is InChI=1S/C24H31Cl3O2/c1-3-12-29-24(28)9-7-5-4-6-8-22-21(17(2)13-23(22)27)11-10-18-14-19(25)16-20(26)15-18/h3-4,6,14-17,21-23H,1,5,7-13H2,2H3/b6-4-/t17-,21+,22-,23-/m1/s1. The molecule has 0 spiro atoms. The molecule has 0 aliphatic heterocycles. The highest BCUT2D eigenvalue weighted by atomic mass is 35.5. The van der Waals surface area contributed by atoms with E-state index >= 15 is 0 Å². The van der Waals surface area contributed by atoms with Crippen LogP contribution >= 0.6 is 34.8 Å². The average molecular weight is 458 g/mol. The lowest BCUT2D eigenvalue weighted by atomic mass is 9.83. The summed E-state index contributed by atoms with van der Waals surface area (Å²) in [4.78, 5) is 11.5. The van der Waals surface area contributed by atoms with Crippen molar-refractivity contribution in [2.24, 2.45) is 17.8 Å². The first-order chi connectivity index (χ1) is 13.9. The van der Waals surface area contributed by atoms with Gasteiger partial charge in [0.25, 0.3) is 0 Å². The minimum atomic E-state index is -0.162. The zero-order valence-corrected chi connectivity index (χ0v) is 19.4. The molecule has 1 saturated carbocycles. The van der Waals surface area contributed by atoms with Crippen LogP contribution in [0, 0.1) is 17.8 Å². The predicted octanol–water partition coefficient (Wildman–Crippen LogP) is 7.65. The quantitative estimate of drug-likeness (QED) is 0.148. The Kier molecular flexibility index (Phi) is 10.6. The summed E-state index contributed by atoms with van der Waals surface area (Å²) in [6, 6.07) is 5.77. The zero-order valence-electron chi connectivity index (χ0n) is 17.1. The van der Waals surface area contributed by atoms with Gasteiger partial charge in [-0.25, -0.2) is 0 Å². The van der Waals surface area contributed by atoms with Gasteiger partial charge < -0.3 is 4.74 Å². The fraction of sp³-hybridized carbons (Fsp3) is 0.542. The summed E-state index contributed by atoms with van der Waals surface area (Å²) in [5.41, 5.74) is 1.19. The summed E-state index contributed by atoms with van der Waals surface area (Å²) in [7, 11) is 0. The Morgan fingerprint density at radius 3 is 2.62 bits per heavy atom. The maximum atomic E-state index is 11.5. The number of alkyl halides is 1. The maximum Gasteiger partial charge on any atom is 0.306 e. The summed E-state index contributed by atoms with van der Waals surface area (Å²) >= 11 is 19.0. The molecule has 160 valence electrons. The summed E-state index contributed by atoms with van der Waals surface area (Å²) in [6.07, 6.45) is 12.2. The van der Waals surface area contributed by atoms with Crippen LogP contribution < -0.4 is 0 Å². The SMILES string of the molecule is C=CCOC(=O)CCC/C=C\C[C@@H]1[C@@H](CCc2cc(Cl)cc(Cl)c2)[C@H](C)C[C@H]1Cl. The van der Waals surface area contributed by atoms with Crippen molar-refractivity contribution in [2.75, 3.05) is 6.61 Å². The number of aryl methyl sites for hydroxylation is 1. The van der Waals surface area contributed by atoms with Crippen molar-refractivity contribution in [1.82, 2.24) is 0 Å². The van der Waals surface area contributed by atoms with Gasteiger partial charge in [-0.3, -0.25) is 4.79 Å². The molecular formula is C24H31Cl3O2. The Labute approximate surface area is 190 Å². The first kappa shape index (κ1) is 24.3. The van der Waals surface area contributed by atoms with E-state index in [4.69, 9.17) is 39.5 Å². The molecule has 1 aromatic rings. The van der Waals surface area contributed by atoms with Crippen LogP contribution in [0.5, 0.6) is 0 Å². The van der Waals surface area contributed by atoms with E-state index in [1.165, 1.54) is 5.56 Å². The first-order valence-electron chi connectivity index (χ1n) is 10.4. The number of allylic oxidation sites excluding steroid dienone is 2. The van der Waals surface area contributed by atoms with Gasteiger partial charge in [-0.1, -0.05) is 54.9 Å². The van der Waals surface area contributed by atoms with Gasteiger partial charge in [0, 0.05) is 21.8 Å². The van der Waals surface area contributed by atoms with Crippen LogP contribution in [-0.2, 0) is 16.0 Å². The molecule has 0 amide bonds. The van der Waals surface area contributed by atoms with Gasteiger partial charge in [-0.15, -0.1) is 11.6 Å². The third-order valence-electron chi connectivity index (χ3n) is 5.72. The van der Waals surface area contributed by atoms with Gasteiger partial charge in [0.05, 0.1) is 0 Å². The number of carbonyl (C=O) groups is 1. The molecular weight excluding hydrogens is 427 g/mol. The normalized spacial score (nSPS) is 24.1. The topological polar surface area (TPSA) is 26.3 Å². The van der Waals surface area contributed by atoms with E-state index in [9.17, 15) is 4.79 Å². The van der Waals surface area contributed by atoms with Crippen molar-refractivity contribution >= 4 is 40.8 Å². The molecule has 1 aliphatic rings. The van der Waals surface area contributed by atoms with Gasteiger partial charge in [0.2, 0.25) is 0 Å². The van der Waals surface area contributed by atoms with E-state index in [1.807, 2.05) is 12.1 Å². The van der Waals surface area contributed by atoms with Crippen molar-refractivity contribution in [3.05, 3.63) is 58.6 Å². The molecule has 0 N–H and O–H groups in total. The van der Waals surface area contributed by atoms with Gasteiger partial charge in [0.15, 0.2) is 0 Å². The number of rotatable bonds is 11. The lowest BCUT2D eigenvalue weighted by Gasteiger charge is -2.23. The molecule has 0 aromatic heterocycles. The molecule has 0 bridgehead atoms. The number of ether oxygens (including phenoxy) is 1. The lowest BCUT2D eigenvalue weighted by Crippen LogP contribution is -2.17. The molecule has 0 radical (unpaired) electrons. The molecule has 4 atom stereocenters. The van der Waals surface area contributed by atoms with E-state index in [0.29, 0.717) is 34.2 Å². The van der Waals surface area contributed by atoms with Crippen molar-refractivity contribution < 1.29 is 9.53 Å². The predicted molar refractivity (Wildman–Crippen MR) is 124 cm³/mol. The highest BCUT2D eigenvalue weighted by Crippen LogP contribution is 2.44. The van der Waals surface area contributed by atoms with Crippen LogP contribution in [0.3, 0.4) is 0 Å². The molecule has 2 rings (SSSR count). The second kappa shape index (κ2) is 12.7. The minimum Gasteiger partial charge on any atom is -0.461 e. The van der Waals surface area contributed by atoms with E-state index in [-0.39, 0.29) is 18.0 Å². The van der Waals surface area contributed by atoms with Crippen molar-refractivity contribution in [3.8, 4) is 0 Å². The molecule has 1 fully saturated rings. The molecule has 5 heteroatoms. The van der Waals surface area contributed by atoms with E-state index in [2.05, 4.69) is 25.7 Å². The highest BCUT2D eigenvalue weighted by molar-refractivity contribution is 6.34. The molecule has 0 saturated heterocycles. The van der Waals surface area contributed by atoms with Crippen molar-refractivity contribution in [2.45, 2.75) is 57.2 Å². The van der Waals surface area contributed by atoms with Crippen molar-refractivity contribution in [1.29, 1.82) is 0 Å². The number of carbonyl (C=O) groups excluding carboxylic acids is 1. The number of unbranched alkanes of at least 4 members (excludes halogenated alkanes) is 1. The van der Waals surface area contributed by atoms with E-state index in [0.717, 1.165) is 38.5 Å². The van der Waals surface area contributed by atoms with Gasteiger partial charge in [0.1, 0.15) is 6.61 Å². The molecule has 1 aliphatic carbocycles. The number of esters is 1. The Morgan fingerprint density at radius 1 is 1.21 bits per heavy atom. The highest BCUT2D eigenvalue weighted by Gasteiger charge is 2.38. The van der Waals surface area contributed by atoms with Gasteiger partial charge in [-0.05, 0) is 80.0 Å². The van der Waals surface area contributed by atoms with Crippen molar-refractivity contribution in [3.63, 3.8) is 0 Å². The smallest absolute Gasteiger partial charge is 0.306 e. The Hall–Kier alpha value is -0.960. The first-order valence-corrected chi connectivity index (χ1v) is 11.6. The summed E-state index contributed by atoms with van der Waals surface area (Å²) in [6.45, 7) is 6.13. The molecule has 1 aromatic carbocycles. The maximum absolute atomic E-state index is 11.5. The van der Waals surface area contributed by atoms with E-state index < -0.39 is 0 Å². The number of halogens is 3. The molecule has 0 heterocycles. The minimum absolute atomic E-state index is 0.162. The number of benzene rings is 1. The van der Waals surface area contributed by atoms with Crippen LogP contribution in [0.2, 0.25) is 10.0 Å². The second-order valence-corrected chi connectivity index (χ2v) is 9.38. The average Bonchev–Trinajstić information content (AvgIpc) is 2.93. The summed E-state index contributed by atoms with van der Waals surface area (Å²) < 4.78 is 4.98. The zero-order chi connectivity index (χ0) is 21.2.